The van der Waals surface area contributed by atoms with Gasteiger partial charge in [-0.25, -0.2) is 4.79 Å². The number of carboxylic acids is 1. The Balaban J connectivity index is 2.02. The van der Waals surface area contributed by atoms with Crippen molar-refractivity contribution in [2.75, 3.05) is 12.3 Å². The first-order chi connectivity index (χ1) is 9.47. The predicted molar refractivity (Wildman–Crippen MR) is 74.8 cm³/mol. The van der Waals surface area contributed by atoms with Crippen LogP contribution in [0.1, 0.15) is 26.7 Å². The van der Waals surface area contributed by atoms with E-state index in [9.17, 15) is 19.5 Å². The van der Waals surface area contributed by atoms with Gasteiger partial charge < -0.3 is 15.3 Å². The number of β-lactam (4-membered cyclic amide) rings is 1. The molecule has 0 aliphatic carbocycles. The second-order valence-electron chi connectivity index (χ2n) is 4.90. The summed E-state index contributed by atoms with van der Waals surface area (Å²) in [4.78, 5) is 36.2. The number of carboxylic acid groups (broad SMARTS) is 1. The molecule has 0 aromatic heterocycles. The number of thioether (sulfide) groups is 1. The summed E-state index contributed by atoms with van der Waals surface area (Å²) in [5.74, 6) is -0.658. The molecule has 0 spiro atoms. The number of hydrogen-bond acceptors (Lipinski definition) is 4. The topological polar surface area (TPSA) is 86.7 Å². The van der Waals surface area contributed by atoms with Gasteiger partial charge in [0.25, 0.3) is 0 Å². The number of hydrogen-bond donors (Lipinski definition) is 2. The van der Waals surface area contributed by atoms with Gasteiger partial charge in [-0.05, 0) is 6.42 Å². The van der Waals surface area contributed by atoms with E-state index in [0.29, 0.717) is 18.7 Å². The van der Waals surface area contributed by atoms with Crippen molar-refractivity contribution in [1.82, 2.24) is 10.2 Å². The molecule has 0 aromatic rings. The summed E-state index contributed by atoms with van der Waals surface area (Å²) in [5.41, 5.74) is 0.137. The van der Waals surface area contributed by atoms with E-state index in [1.807, 2.05) is 6.92 Å². The van der Waals surface area contributed by atoms with E-state index in [2.05, 4.69) is 5.32 Å². The normalized spacial score (nSPS) is 24.5. The quantitative estimate of drug-likeness (QED) is 0.559. The van der Waals surface area contributed by atoms with Gasteiger partial charge in [-0.1, -0.05) is 6.92 Å². The Kier molecular flexibility index (Phi) is 4.37. The third-order valence-corrected chi connectivity index (χ3v) is 4.76. The maximum absolute atomic E-state index is 11.9. The maximum Gasteiger partial charge on any atom is 0.353 e. The fourth-order valence-corrected chi connectivity index (χ4v) is 3.79. The van der Waals surface area contributed by atoms with Crippen molar-refractivity contribution in [2.24, 2.45) is 5.92 Å². The number of amides is 2. The molecule has 0 saturated carbocycles. The first-order valence-corrected chi connectivity index (χ1v) is 7.62. The summed E-state index contributed by atoms with van der Waals surface area (Å²) in [7, 11) is 0. The van der Waals surface area contributed by atoms with E-state index in [1.165, 1.54) is 23.6 Å². The minimum Gasteiger partial charge on any atom is -0.477 e. The number of nitrogens with zero attached hydrogens (tertiary/aromatic N) is 1. The van der Waals surface area contributed by atoms with Crippen LogP contribution in [0.4, 0.5) is 0 Å². The van der Waals surface area contributed by atoms with E-state index in [0.717, 1.165) is 11.3 Å². The van der Waals surface area contributed by atoms with Gasteiger partial charge in [0, 0.05) is 30.5 Å². The molecule has 2 atom stereocenters. The van der Waals surface area contributed by atoms with Crippen LogP contribution in [-0.2, 0) is 14.4 Å². The molecule has 110 valence electrons. The Morgan fingerprint density at radius 1 is 1.50 bits per heavy atom. The molecule has 2 aliphatic rings. The lowest BCUT2D eigenvalue weighted by Crippen LogP contribution is -2.58. The highest BCUT2D eigenvalue weighted by Gasteiger charge is 2.54. The molecule has 6 nitrogen and oxygen atoms in total. The molecule has 1 fully saturated rings. The van der Waals surface area contributed by atoms with Crippen molar-refractivity contribution in [3.05, 3.63) is 10.6 Å². The van der Waals surface area contributed by atoms with Crippen LogP contribution in [0.3, 0.4) is 0 Å². The van der Waals surface area contributed by atoms with Crippen LogP contribution in [0.5, 0.6) is 0 Å². The Morgan fingerprint density at radius 2 is 2.20 bits per heavy atom. The molecule has 0 radical (unpaired) electrons. The Bertz CT molecular complexity index is 489. The predicted octanol–water partition coefficient (Wildman–Crippen LogP) is 0.793. The summed E-state index contributed by atoms with van der Waals surface area (Å²) in [6, 6.07) is 0.0156. The fourth-order valence-electron chi connectivity index (χ4n) is 2.73. The molecule has 2 amide bonds. The highest BCUT2D eigenvalue weighted by molar-refractivity contribution is 8.03. The molecule has 1 saturated heterocycles. The van der Waals surface area contributed by atoms with E-state index in [-0.39, 0.29) is 29.5 Å². The minimum absolute atomic E-state index is 0.0156. The lowest BCUT2D eigenvalue weighted by molar-refractivity contribution is -0.155. The minimum atomic E-state index is -1.04. The summed E-state index contributed by atoms with van der Waals surface area (Å²) >= 11 is 1.41. The maximum atomic E-state index is 11.9. The second kappa shape index (κ2) is 5.87. The zero-order valence-electron chi connectivity index (χ0n) is 11.5. The first kappa shape index (κ1) is 14.9. The standard InChI is InChI=1S/C13H18N2O4S/c1-3-8-9-6-10(20-5-4-14-7(2)16)11(13(18)19)15(9)12(8)17/h8-9H,3-6H2,1-2H3,(H,14,16)(H,18,19)/t8-,9+/m0/s1. The van der Waals surface area contributed by atoms with Gasteiger partial charge in [0.15, 0.2) is 0 Å². The van der Waals surface area contributed by atoms with Crippen LogP contribution >= 0.6 is 11.8 Å². The van der Waals surface area contributed by atoms with Crippen LogP contribution in [0.15, 0.2) is 10.6 Å². The summed E-state index contributed by atoms with van der Waals surface area (Å²) in [5, 5.41) is 12.0. The number of fused-ring (bicyclic) bond motifs is 1. The molecule has 2 aliphatic heterocycles. The van der Waals surface area contributed by atoms with Crippen LogP contribution in [0.25, 0.3) is 0 Å². The van der Waals surface area contributed by atoms with Crippen molar-refractivity contribution >= 4 is 29.5 Å². The van der Waals surface area contributed by atoms with Gasteiger partial charge in [-0.15, -0.1) is 11.8 Å². The van der Waals surface area contributed by atoms with Crippen LogP contribution in [-0.4, -0.2) is 46.1 Å². The molecule has 0 aromatic carbocycles. The number of nitrogens with one attached hydrogen (secondary N) is 1. The molecule has 2 N–H and O–H groups in total. The van der Waals surface area contributed by atoms with Gasteiger partial charge in [0.1, 0.15) is 5.70 Å². The van der Waals surface area contributed by atoms with Crippen molar-refractivity contribution in [1.29, 1.82) is 0 Å². The first-order valence-electron chi connectivity index (χ1n) is 6.64. The monoisotopic (exact) mass is 298 g/mol. The molecule has 2 rings (SSSR count). The van der Waals surface area contributed by atoms with Crippen molar-refractivity contribution < 1.29 is 19.5 Å². The molecular weight excluding hydrogens is 280 g/mol. The van der Waals surface area contributed by atoms with Crippen molar-refractivity contribution in [3.63, 3.8) is 0 Å². The van der Waals surface area contributed by atoms with E-state index in [4.69, 9.17) is 0 Å². The molecule has 0 unspecified atom stereocenters. The average molecular weight is 298 g/mol. The van der Waals surface area contributed by atoms with Crippen molar-refractivity contribution in [3.8, 4) is 0 Å². The largest absolute Gasteiger partial charge is 0.477 e. The average Bonchev–Trinajstić information content (AvgIpc) is 2.70. The number of rotatable bonds is 6. The molecule has 2 heterocycles. The third-order valence-electron chi connectivity index (χ3n) is 3.64. The lowest BCUT2D eigenvalue weighted by Gasteiger charge is -2.42. The third kappa shape index (κ3) is 2.54. The van der Waals surface area contributed by atoms with Gasteiger partial charge in [-0.2, -0.15) is 0 Å². The zero-order chi connectivity index (χ0) is 14.9. The molecular formula is C13H18N2O4S. The highest BCUT2D eigenvalue weighted by atomic mass is 32.2. The van der Waals surface area contributed by atoms with Gasteiger partial charge in [0.2, 0.25) is 11.8 Å². The Hall–Kier alpha value is -1.50. The number of carbonyl (C=O) groups excluding carboxylic acids is 2. The summed E-state index contributed by atoms with van der Waals surface area (Å²) in [6.45, 7) is 3.88. The summed E-state index contributed by atoms with van der Waals surface area (Å²) < 4.78 is 0. The lowest BCUT2D eigenvalue weighted by atomic mass is 9.85. The second-order valence-corrected chi connectivity index (χ2v) is 6.09. The SMILES string of the molecule is CC[C@@H]1C(=O)N2C(C(=O)O)=C(SCCNC(C)=O)C[C@H]12. The zero-order valence-corrected chi connectivity index (χ0v) is 12.3. The van der Waals surface area contributed by atoms with E-state index >= 15 is 0 Å². The van der Waals surface area contributed by atoms with Crippen molar-refractivity contribution in [2.45, 2.75) is 32.7 Å². The number of carbonyl (C=O) groups is 3. The molecule has 7 heteroatoms. The number of aliphatic carboxylic acids is 1. The fraction of sp³-hybridized carbons (Fsp3) is 0.615. The van der Waals surface area contributed by atoms with Crippen LogP contribution in [0, 0.1) is 5.92 Å². The molecule has 0 bridgehead atoms. The van der Waals surface area contributed by atoms with Crippen LogP contribution in [0.2, 0.25) is 0 Å². The Morgan fingerprint density at radius 3 is 2.75 bits per heavy atom. The Labute approximate surface area is 121 Å². The van der Waals surface area contributed by atoms with E-state index < -0.39 is 5.97 Å². The summed E-state index contributed by atoms with van der Waals surface area (Å²) in [6.07, 6.45) is 1.37. The molecule has 20 heavy (non-hydrogen) atoms. The van der Waals surface area contributed by atoms with Gasteiger partial charge in [-0.3, -0.25) is 9.59 Å². The van der Waals surface area contributed by atoms with Crippen LogP contribution < -0.4 is 5.32 Å². The van der Waals surface area contributed by atoms with Gasteiger partial charge in [0.05, 0.1) is 12.0 Å². The highest BCUT2D eigenvalue weighted by Crippen LogP contribution is 2.46. The van der Waals surface area contributed by atoms with E-state index in [1.54, 1.807) is 0 Å². The van der Waals surface area contributed by atoms with Gasteiger partial charge >= 0.3 is 5.97 Å². The smallest absolute Gasteiger partial charge is 0.353 e.